The number of carboxylic acid groups (broad SMARTS) is 1. The van der Waals surface area contributed by atoms with Crippen LogP contribution in [0, 0.1) is 6.92 Å². The van der Waals surface area contributed by atoms with Crippen molar-refractivity contribution >= 4 is 5.97 Å². The van der Waals surface area contributed by atoms with Crippen LogP contribution in [0.2, 0.25) is 0 Å². The maximum atomic E-state index is 11.5. The van der Waals surface area contributed by atoms with E-state index in [9.17, 15) is 20.1 Å². The second-order valence-corrected chi connectivity index (χ2v) is 4.97. The van der Waals surface area contributed by atoms with Crippen LogP contribution in [0.15, 0.2) is 30.3 Å². The Bertz CT molecular complexity index is 675. The Morgan fingerprint density at radius 1 is 1.10 bits per heavy atom. The summed E-state index contributed by atoms with van der Waals surface area (Å²) < 4.78 is 0. The Kier molecular flexibility index (Phi) is 4.17. The van der Waals surface area contributed by atoms with Gasteiger partial charge in [0.15, 0.2) is 11.5 Å². The van der Waals surface area contributed by atoms with Crippen LogP contribution in [0.4, 0.5) is 0 Å². The number of phenolic OH excluding ortho intramolecular Hbond substituents is 1. The summed E-state index contributed by atoms with van der Waals surface area (Å²) >= 11 is 0. The predicted molar refractivity (Wildman–Crippen MR) is 80.9 cm³/mol. The minimum absolute atomic E-state index is 0.254. The Balaban J connectivity index is 2.86. The molecule has 0 atom stereocenters. The van der Waals surface area contributed by atoms with Crippen molar-refractivity contribution in [2.75, 3.05) is 0 Å². The van der Waals surface area contributed by atoms with E-state index in [0.717, 1.165) is 6.42 Å². The van der Waals surface area contributed by atoms with Crippen LogP contribution in [0.5, 0.6) is 11.5 Å². The number of aromatic hydroxyl groups is 2. The molecule has 0 saturated heterocycles. The number of benzene rings is 2. The van der Waals surface area contributed by atoms with Gasteiger partial charge in [0, 0.05) is 11.1 Å². The van der Waals surface area contributed by atoms with Gasteiger partial charge in [-0.3, -0.25) is 0 Å². The molecular weight excluding hydrogens is 268 g/mol. The van der Waals surface area contributed by atoms with Crippen molar-refractivity contribution in [1.82, 2.24) is 0 Å². The van der Waals surface area contributed by atoms with Gasteiger partial charge < -0.3 is 15.3 Å². The second-order valence-electron chi connectivity index (χ2n) is 4.97. The number of aromatic carboxylic acids is 1. The molecule has 0 unspecified atom stereocenters. The first-order valence-corrected chi connectivity index (χ1v) is 6.85. The van der Waals surface area contributed by atoms with Crippen molar-refractivity contribution in [3.63, 3.8) is 0 Å². The molecule has 0 aliphatic carbocycles. The monoisotopic (exact) mass is 286 g/mol. The van der Waals surface area contributed by atoms with E-state index in [1.54, 1.807) is 19.1 Å². The zero-order chi connectivity index (χ0) is 15.6. The van der Waals surface area contributed by atoms with Crippen LogP contribution in [0.3, 0.4) is 0 Å². The number of rotatable bonds is 4. The first-order valence-electron chi connectivity index (χ1n) is 6.85. The van der Waals surface area contributed by atoms with Gasteiger partial charge >= 0.3 is 5.97 Å². The normalized spacial score (nSPS) is 10.6. The lowest BCUT2D eigenvalue weighted by Gasteiger charge is -2.18. The number of carbonyl (C=O) groups is 1. The standard InChI is InChI=1S/C17H18O4/c1-3-7-12-10(2)13(11-8-5-4-6-9-11)14(17(20)21)16(19)15(12)18/h4-6,8-9,18-19H,3,7H2,1-2H3,(H,20,21). The van der Waals surface area contributed by atoms with Crippen molar-refractivity contribution in [3.05, 3.63) is 47.0 Å². The zero-order valence-corrected chi connectivity index (χ0v) is 12.1. The summed E-state index contributed by atoms with van der Waals surface area (Å²) in [5, 5.41) is 29.6. The molecule has 0 fully saturated rings. The summed E-state index contributed by atoms with van der Waals surface area (Å²) in [4.78, 5) is 11.5. The molecule has 0 bridgehead atoms. The fourth-order valence-electron chi connectivity index (χ4n) is 2.63. The number of hydrogen-bond acceptors (Lipinski definition) is 3. The van der Waals surface area contributed by atoms with Crippen molar-refractivity contribution in [3.8, 4) is 22.6 Å². The molecule has 2 aromatic carbocycles. The van der Waals surface area contributed by atoms with E-state index in [2.05, 4.69) is 0 Å². The molecule has 0 aromatic heterocycles. The molecule has 2 rings (SSSR count). The predicted octanol–water partition coefficient (Wildman–Crippen LogP) is 3.72. The van der Waals surface area contributed by atoms with Gasteiger partial charge in [-0.15, -0.1) is 0 Å². The Morgan fingerprint density at radius 3 is 2.24 bits per heavy atom. The van der Waals surface area contributed by atoms with Gasteiger partial charge in [0.25, 0.3) is 0 Å². The first kappa shape index (κ1) is 14.9. The number of phenols is 2. The van der Waals surface area contributed by atoms with E-state index >= 15 is 0 Å². The summed E-state index contributed by atoms with van der Waals surface area (Å²) in [7, 11) is 0. The molecule has 2 aromatic rings. The Morgan fingerprint density at radius 2 is 1.71 bits per heavy atom. The fourth-order valence-corrected chi connectivity index (χ4v) is 2.63. The number of carboxylic acids is 1. The molecule has 0 aliphatic heterocycles. The van der Waals surface area contributed by atoms with Gasteiger partial charge in [-0.2, -0.15) is 0 Å². The Labute approximate surface area is 123 Å². The summed E-state index contributed by atoms with van der Waals surface area (Å²) in [6.07, 6.45) is 1.36. The van der Waals surface area contributed by atoms with Gasteiger partial charge in [-0.25, -0.2) is 4.79 Å². The van der Waals surface area contributed by atoms with Crippen molar-refractivity contribution < 1.29 is 20.1 Å². The molecule has 0 radical (unpaired) electrons. The molecule has 4 nitrogen and oxygen atoms in total. The highest BCUT2D eigenvalue weighted by Crippen LogP contribution is 2.43. The zero-order valence-electron chi connectivity index (χ0n) is 12.1. The van der Waals surface area contributed by atoms with Crippen molar-refractivity contribution in [2.24, 2.45) is 0 Å². The number of hydrogen-bond donors (Lipinski definition) is 3. The lowest BCUT2D eigenvalue weighted by molar-refractivity contribution is 0.0693. The maximum Gasteiger partial charge on any atom is 0.340 e. The molecule has 21 heavy (non-hydrogen) atoms. The first-order chi connectivity index (χ1) is 9.99. The largest absolute Gasteiger partial charge is 0.504 e. The minimum Gasteiger partial charge on any atom is -0.504 e. The van der Waals surface area contributed by atoms with Crippen LogP contribution < -0.4 is 0 Å². The van der Waals surface area contributed by atoms with Crippen molar-refractivity contribution in [1.29, 1.82) is 0 Å². The molecule has 0 amide bonds. The lowest BCUT2D eigenvalue weighted by Crippen LogP contribution is -2.05. The second kappa shape index (κ2) is 5.87. The van der Waals surface area contributed by atoms with Gasteiger partial charge in [-0.1, -0.05) is 43.7 Å². The van der Waals surface area contributed by atoms with Gasteiger partial charge in [0.1, 0.15) is 5.56 Å². The van der Waals surface area contributed by atoms with Gasteiger partial charge in [0.05, 0.1) is 0 Å². The van der Waals surface area contributed by atoms with Crippen LogP contribution in [-0.4, -0.2) is 21.3 Å². The maximum absolute atomic E-state index is 11.5. The Hall–Kier alpha value is -2.49. The highest BCUT2D eigenvalue weighted by atomic mass is 16.4. The molecule has 110 valence electrons. The molecule has 0 spiro atoms. The molecule has 0 heterocycles. The van der Waals surface area contributed by atoms with E-state index in [-0.39, 0.29) is 11.3 Å². The molecule has 4 heteroatoms. The summed E-state index contributed by atoms with van der Waals surface area (Å²) in [6, 6.07) is 9.04. The molecule has 0 aliphatic rings. The lowest BCUT2D eigenvalue weighted by atomic mass is 9.88. The van der Waals surface area contributed by atoms with Crippen LogP contribution in [0.1, 0.15) is 34.8 Å². The SMILES string of the molecule is CCCc1c(C)c(-c2ccccc2)c(C(=O)O)c(O)c1O. The van der Waals surface area contributed by atoms with Crippen LogP contribution >= 0.6 is 0 Å². The fraction of sp³-hybridized carbons (Fsp3) is 0.235. The van der Waals surface area contributed by atoms with Gasteiger partial charge in [-0.05, 0) is 24.5 Å². The smallest absolute Gasteiger partial charge is 0.340 e. The average molecular weight is 286 g/mol. The quantitative estimate of drug-likeness (QED) is 0.748. The van der Waals surface area contributed by atoms with Crippen LogP contribution in [0.25, 0.3) is 11.1 Å². The van der Waals surface area contributed by atoms with Crippen molar-refractivity contribution in [2.45, 2.75) is 26.7 Å². The summed E-state index contributed by atoms with van der Waals surface area (Å²) in [5.41, 5.74) is 2.20. The third-order valence-electron chi connectivity index (χ3n) is 3.60. The highest BCUT2D eigenvalue weighted by molar-refractivity contribution is 6.01. The molecule has 3 N–H and O–H groups in total. The van der Waals surface area contributed by atoms with E-state index in [4.69, 9.17) is 0 Å². The van der Waals surface area contributed by atoms with Crippen LogP contribution in [-0.2, 0) is 6.42 Å². The van der Waals surface area contributed by atoms with E-state index in [1.165, 1.54) is 0 Å². The minimum atomic E-state index is -1.26. The van der Waals surface area contributed by atoms with E-state index in [1.807, 2.05) is 25.1 Å². The summed E-state index contributed by atoms with van der Waals surface area (Å²) in [5.74, 6) is -2.14. The third kappa shape index (κ3) is 2.57. The van der Waals surface area contributed by atoms with Gasteiger partial charge in [0.2, 0.25) is 0 Å². The topological polar surface area (TPSA) is 77.8 Å². The average Bonchev–Trinajstić information content (AvgIpc) is 2.47. The van der Waals surface area contributed by atoms with E-state index < -0.39 is 11.7 Å². The molecular formula is C17H18O4. The highest BCUT2D eigenvalue weighted by Gasteiger charge is 2.25. The third-order valence-corrected chi connectivity index (χ3v) is 3.60. The molecule has 0 saturated carbocycles. The van der Waals surface area contributed by atoms with E-state index in [0.29, 0.717) is 28.7 Å². The summed E-state index contributed by atoms with van der Waals surface area (Å²) in [6.45, 7) is 3.74.